The SMILES string of the molecule is C[C@@H](O)C[C@H]1C[C@H](NC(=O)c2cc(-c3ccccc3)on2)C1. The predicted molar refractivity (Wildman–Crippen MR) is 82.2 cm³/mol. The number of nitrogens with one attached hydrogen (secondary N) is 1. The van der Waals surface area contributed by atoms with Crippen molar-refractivity contribution >= 4 is 5.91 Å². The summed E-state index contributed by atoms with van der Waals surface area (Å²) in [5.41, 5.74) is 1.20. The summed E-state index contributed by atoms with van der Waals surface area (Å²) in [6, 6.07) is 11.4. The van der Waals surface area contributed by atoms with Gasteiger partial charge in [0.25, 0.3) is 5.91 Å². The largest absolute Gasteiger partial charge is 0.393 e. The summed E-state index contributed by atoms with van der Waals surface area (Å²) in [4.78, 5) is 12.1. The van der Waals surface area contributed by atoms with Crippen LogP contribution in [0.15, 0.2) is 40.9 Å². The van der Waals surface area contributed by atoms with Gasteiger partial charge in [-0.2, -0.15) is 0 Å². The zero-order valence-corrected chi connectivity index (χ0v) is 12.5. The summed E-state index contributed by atoms with van der Waals surface area (Å²) in [6.45, 7) is 1.80. The first-order valence-electron chi connectivity index (χ1n) is 7.63. The average Bonchev–Trinajstić information content (AvgIpc) is 2.95. The molecular formula is C17H20N2O3. The Hall–Kier alpha value is -2.14. The van der Waals surface area contributed by atoms with Crippen molar-refractivity contribution in [1.29, 1.82) is 0 Å². The Morgan fingerprint density at radius 1 is 1.41 bits per heavy atom. The third-order valence-corrected chi connectivity index (χ3v) is 4.05. The third kappa shape index (κ3) is 3.36. The number of carbonyl (C=O) groups excluding carboxylic acids is 1. The second-order valence-electron chi connectivity index (χ2n) is 6.03. The maximum absolute atomic E-state index is 12.1. The van der Waals surface area contributed by atoms with Crippen molar-refractivity contribution in [1.82, 2.24) is 10.5 Å². The van der Waals surface area contributed by atoms with E-state index in [1.807, 2.05) is 30.3 Å². The number of aromatic nitrogens is 1. The number of aliphatic hydroxyl groups is 1. The fourth-order valence-corrected chi connectivity index (χ4v) is 2.91. The first-order valence-corrected chi connectivity index (χ1v) is 7.63. The van der Waals surface area contributed by atoms with E-state index in [4.69, 9.17) is 4.52 Å². The number of aliphatic hydroxyl groups excluding tert-OH is 1. The van der Waals surface area contributed by atoms with Crippen LogP contribution >= 0.6 is 0 Å². The fraction of sp³-hybridized carbons (Fsp3) is 0.412. The van der Waals surface area contributed by atoms with Gasteiger partial charge in [-0.05, 0) is 32.1 Å². The number of nitrogens with zero attached hydrogens (tertiary/aromatic N) is 1. The molecule has 1 aromatic carbocycles. The molecule has 1 fully saturated rings. The van der Waals surface area contributed by atoms with Crippen LogP contribution in [-0.4, -0.2) is 28.3 Å². The molecule has 22 heavy (non-hydrogen) atoms. The molecule has 5 heteroatoms. The van der Waals surface area contributed by atoms with Gasteiger partial charge in [0.05, 0.1) is 6.10 Å². The van der Waals surface area contributed by atoms with Gasteiger partial charge in [0.2, 0.25) is 0 Å². The molecule has 1 aliphatic rings. The Morgan fingerprint density at radius 2 is 2.14 bits per heavy atom. The molecule has 116 valence electrons. The van der Waals surface area contributed by atoms with E-state index in [0.29, 0.717) is 17.4 Å². The molecule has 1 saturated carbocycles. The molecule has 0 bridgehead atoms. The lowest BCUT2D eigenvalue weighted by atomic mass is 9.77. The minimum atomic E-state index is -0.273. The molecule has 3 rings (SSSR count). The number of hydrogen-bond acceptors (Lipinski definition) is 4. The maximum atomic E-state index is 12.1. The van der Waals surface area contributed by atoms with Crippen molar-refractivity contribution in [3.63, 3.8) is 0 Å². The Kier molecular flexibility index (Phi) is 4.24. The van der Waals surface area contributed by atoms with Crippen molar-refractivity contribution in [2.75, 3.05) is 0 Å². The molecule has 1 atom stereocenters. The van der Waals surface area contributed by atoms with Gasteiger partial charge in [0, 0.05) is 17.7 Å². The summed E-state index contributed by atoms with van der Waals surface area (Å²) in [6.07, 6.45) is 2.36. The summed E-state index contributed by atoms with van der Waals surface area (Å²) in [5, 5.41) is 16.1. The molecule has 0 spiro atoms. The Morgan fingerprint density at radius 3 is 2.82 bits per heavy atom. The van der Waals surface area contributed by atoms with Crippen molar-refractivity contribution < 1.29 is 14.4 Å². The van der Waals surface area contributed by atoms with Crippen LogP contribution in [0.2, 0.25) is 0 Å². The number of benzene rings is 1. The number of amides is 1. The van der Waals surface area contributed by atoms with Crippen LogP contribution in [0.4, 0.5) is 0 Å². The van der Waals surface area contributed by atoms with Crippen LogP contribution in [0.25, 0.3) is 11.3 Å². The molecule has 0 saturated heterocycles. The molecule has 1 aliphatic carbocycles. The highest BCUT2D eigenvalue weighted by atomic mass is 16.5. The number of carbonyl (C=O) groups is 1. The molecule has 1 aromatic heterocycles. The second kappa shape index (κ2) is 6.32. The molecular weight excluding hydrogens is 280 g/mol. The Balaban J connectivity index is 1.55. The number of hydrogen-bond donors (Lipinski definition) is 2. The van der Waals surface area contributed by atoms with Gasteiger partial charge in [-0.15, -0.1) is 0 Å². The summed E-state index contributed by atoms with van der Waals surface area (Å²) in [5.74, 6) is 0.889. The van der Waals surface area contributed by atoms with E-state index in [9.17, 15) is 9.90 Å². The van der Waals surface area contributed by atoms with Crippen LogP contribution in [0, 0.1) is 5.92 Å². The molecule has 1 amide bonds. The van der Waals surface area contributed by atoms with Crippen molar-refractivity contribution in [2.45, 2.75) is 38.3 Å². The van der Waals surface area contributed by atoms with E-state index >= 15 is 0 Å². The quantitative estimate of drug-likeness (QED) is 0.890. The highest BCUT2D eigenvalue weighted by molar-refractivity contribution is 5.93. The van der Waals surface area contributed by atoms with Gasteiger partial charge in [0.15, 0.2) is 11.5 Å². The predicted octanol–water partition coefficient (Wildman–Crippen LogP) is 2.62. The monoisotopic (exact) mass is 300 g/mol. The normalized spacial score (nSPS) is 21.9. The third-order valence-electron chi connectivity index (χ3n) is 4.05. The van der Waals surface area contributed by atoms with E-state index in [2.05, 4.69) is 10.5 Å². The zero-order chi connectivity index (χ0) is 15.5. The topological polar surface area (TPSA) is 75.4 Å². The highest BCUT2D eigenvalue weighted by Crippen LogP contribution is 2.31. The van der Waals surface area contributed by atoms with E-state index in [-0.39, 0.29) is 18.1 Å². The van der Waals surface area contributed by atoms with Gasteiger partial charge < -0.3 is 14.9 Å². The molecule has 1 heterocycles. The van der Waals surface area contributed by atoms with Gasteiger partial charge in [-0.25, -0.2) is 0 Å². The minimum absolute atomic E-state index is 0.174. The maximum Gasteiger partial charge on any atom is 0.273 e. The average molecular weight is 300 g/mol. The molecule has 2 aromatic rings. The lowest BCUT2D eigenvalue weighted by molar-refractivity contribution is 0.0824. The van der Waals surface area contributed by atoms with Gasteiger partial charge in [-0.1, -0.05) is 35.5 Å². The van der Waals surface area contributed by atoms with Crippen LogP contribution in [0.1, 0.15) is 36.7 Å². The molecule has 0 aliphatic heterocycles. The summed E-state index contributed by atoms with van der Waals surface area (Å²) < 4.78 is 5.23. The summed E-state index contributed by atoms with van der Waals surface area (Å²) in [7, 11) is 0. The highest BCUT2D eigenvalue weighted by Gasteiger charge is 2.31. The summed E-state index contributed by atoms with van der Waals surface area (Å²) >= 11 is 0. The van der Waals surface area contributed by atoms with Crippen molar-refractivity contribution in [3.05, 3.63) is 42.1 Å². The van der Waals surface area contributed by atoms with E-state index in [0.717, 1.165) is 24.8 Å². The van der Waals surface area contributed by atoms with Crippen LogP contribution in [-0.2, 0) is 0 Å². The van der Waals surface area contributed by atoms with E-state index in [1.54, 1.807) is 13.0 Å². The van der Waals surface area contributed by atoms with Crippen molar-refractivity contribution in [2.24, 2.45) is 5.92 Å². The first kappa shape index (κ1) is 14.8. The molecule has 2 N–H and O–H groups in total. The van der Waals surface area contributed by atoms with Gasteiger partial charge in [0.1, 0.15) is 0 Å². The van der Waals surface area contributed by atoms with Crippen molar-refractivity contribution in [3.8, 4) is 11.3 Å². The van der Waals surface area contributed by atoms with Crippen LogP contribution < -0.4 is 5.32 Å². The van der Waals surface area contributed by atoms with Crippen LogP contribution in [0.5, 0.6) is 0 Å². The number of rotatable bonds is 5. The molecule has 0 radical (unpaired) electrons. The first-order chi connectivity index (χ1) is 10.6. The standard InChI is InChI=1S/C17H20N2O3/c1-11(20)7-12-8-14(9-12)18-17(21)15-10-16(22-19-15)13-5-3-2-4-6-13/h2-6,10-12,14,20H,7-9H2,1H3,(H,18,21)/t11-,12-,14-/m1/s1. The lowest BCUT2D eigenvalue weighted by Gasteiger charge is -2.36. The Bertz CT molecular complexity index is 630. The molecule has 5 nitrogen and oxygen atoms in total. The fourth-order valence-electron chi connectivity index (χ4n) is 2.91. The van der Waals surface area contributed by atoms with Gasteiger partial charge >= 0.3 is 0 Å². The van der Waals surface area contributed by atoms with Gasteiger partial charge in [-0.3, -0.25) is 4.79 Å². The lowest BCUT2D eigenvalue weighted by Crippen LogP contribution is -2.45. The Labute approximate surface area is 129 Å². The minimum Gasteiger partial charge on any atom is -0.393 e. The zero-order valence-electron chi connectivity index (χ0n) is 12.5. The van der Waals surface area contributed by atoms with E-state index < -0.39 is 0 Å². The van der Waals surface area contributed by atoms with E-state index in [1.165, 1.54) is 0 Å². The molecule has 0 unspecified atom stereocenters. The smallest absolute Gasteiger partial charge is 0.273 e. The van der Waals surface area contributed by atoms with Crippen LogP contribution in [0.3, 0.4) is 0 Å². The second-order valence-corrected chi connectivity index (χ2v) is 6.03.